The summed E-state index contributed by atoms with van der Waals surface area (Å²) in [6.45, 7) is 4.68. The van der Waals surface area contributed by atoms with Crippen LogP contribution in [0.25, 0.3) is 0 Å². The standard InChI is InChI=1S/C14H16F2N2O/c1-8(10-6-17-7-10)14(19)18-9(2)13-11(15)4-3-5-12(13)16/h3-5,9,17H,6-7H2,1-2H3,(H,18,19). The van der Waals surface area contributed by atoms with E-state index in [9.17, 15) is 13.6 Å². The first-order valence-corrected chi connectivity index (χ1v) is 6.15. The van der Waals surface area contributed by atoms with Crippen molar-refractivity contribution in [2.45, 2.75) is 19.9 Å². The highest BCUT2D eigenvalue weighted by Gasteiger charge is 2.21. The van der Waals surface area contributed by atoms with E-state index in [1.54, 1.807) is 13.8 Å². The lowest BCUT2D eigenvalue weighted by molar-refractivity contribution is -0.118. The highest BCUT2D eigenvalue weighted by molar-refractivity contribution is 5.94. The molecule has 0 aromatic heterocycles. The normalized spacial score (nSPS) is 15.7. The Bertz CT molecular complexity index is 514. The Morgan fingerprint density at radius 1 is 1.32 bits per heavy atom. The van der Waals surface area contributed by atoms with Gasteiger partial charge < -0.3 is 10.6 Å². The molecule has 1 aliphatic rings. The van der Waals surface area contributed by atoms with Gasteiger partial charge in [0, 0.05) is 24.2 Å². The zero-order chi connectivity index (χ0) is 14.0. The summed E-state index contributed by atoms with van der Waals surface area (Å²) in [5.41, 5.74) is 1.53. The number of benzene rings is 1. The molecule has 0 aliphatic carbocycles. The number of hydrogen-bond acceptors (Lipinski definition) is 2. The molecule has 1 fully saturated rings. The SMILES string of the molecule is CC(C(=O)NC(C)c1c(F)cccc1F)=C1CNC1. The first kappa shape index (κ1) is 13.7. The summed E-state index contributed by atoms with van der Waals surface area (Å²) >= 11 is 0. The fraction of sp³-hybridized carbons (Fsp3) is 0.357. The van der Waals surface area contributed by atoms with Gasteiger partial charge in [0.2, 0.25) is 5.91 Å². The third kappa shape index (κ3) is 2.81. The second-order valence-electron chi connectivity index (χ2n) is 4.66. The van der Waals surface area contributed by atoms with Crippen LogP contribution in [0.5, 0.6) is 0 Å². The van der Waals surface area contributed by atoms with Gasteiger partial charge in [-0.15, -0.1) is 0 Å². The molecule has 0 radical (unpaired) electrons. The number of carbonyl (C=O) groups excluding carboxylic acids is 1. The summed E-state index contributed by atoms with van der Waals surface area (Å²) in [5.74, 6) is -1.58. The third-order valence-electron chi connectivity index (χ3n) is 3.33. The van der Waals surface area contributed by atoms with Gasteiger partial charge in [0.1, 0.15) is 11.6 Å². The smallest absolute Gasteiger partial charge is 0.247 e. The average Bonchev–Trinajstić information content (AvgIpc) is 2.26. The Kier molecular flexibility index (Phi) is 3.95. The zero-order valence-electron chi connectivity index (χ0n) is 10.9. The maximum atomic E-state index is 13.6. The van der Waals surface area contributed by atoms with Crippen LogP contribution in [0, 0.1) is 11.6 Å². The molecule has 5 heteroatoms. The largest absolute Gasteiger partial charge is 0.346 e. The van der Waals surface area contributed by atoms with Crippen molar-refractivity contribution in [1.82, 2.24) is 10.6 Å². The predicted molar refractivity (Wildman–Crippen MR) is 68.5 cm³/mol. The highest BCUT2D eigenvalue weighted by atomic mass is 19.1. The first-order valence-electron chi connectivity index (χ1n) is 6.15. The van der Waals surface area contributed by atoms with E-state index < -0.39 is 17.7 Å². The molecule has 1 unspecified atom stereocenters. The second-order valence-corrected chi connectivity index (χ2v) is 4.66. The molecule has 3 nitrogen and oxygen atoms in total. The van der Waals surface area contributed by atoms with Crippen LogP contribution in [0.3, 0.4) is 0 Å². The van der Waals surface area contributed by atoms with Crippen LogP contribution in [0.15, 0.2) is 29.3 Å². The van der Waals surface area contributed by atoms with Gasteiger partial charge in [-0.1, -0.05) is 6.07 Å². The first-order chi connectivity index (χ1) is 9.00. The van der Waals surface area contributed by atoms with E-state index in [1.807, 2.05) is 0 Å². The number of rotatable bonds is 3. The summed E-state index contributed by atoms with van der Waals surface area (Å²) in [4.78, 5) is 11.9. The minimum Gasteiger partial charge on any atom is -0.346 e. The number of halogens is 2. The Labute approximate surface area is 110 Å². The fourth-order valence-corrected chi connectivity index (χ4v) is 1.98. The van der Waals surface area contributed by atoms with Gasteiger partial charge >= 0.3 is 0 Å². The van der Waals surface area contributed by atoms with Gasteiger partial charge in [0.05, 0.1) is 6.04 Å². The molecule has 0 saturated carbocycles. The van der Waals surface area contributed by atoms with E-state index >= 15 is 0 Å². The van der Waals surface area contributed by atoms with Crippen LogP contribution in [0.1, 0.15) is 25.5 Å². The molecule has 1 aromatic carbocycles. The van der Waals surface area contributed by atoms with Crippen molar-refractivity contribution in [1.29, 1.82) is 0 Å². The van der Waals surface area contributed by atoms with Crippen molar-refractivity contribution in [2.24, 2.45) is 0 Å². The molecule has 1 heterocycles. The van der Waals surface area contributed by atoms with Gasteiger partial charge in [-0.25, -0.2) is 8.78 Å². The molecule has 102 valence electrons. The van der Waals surface area contributed by atoms with E-state index in [4.69, 9.17) is 0 Å². The van der Waals surface area contributed by atoms with Crippen LogP contribution < -0.4 is 10.6 Å². The fourth-order valence-electron chi connectivity index (χ4n) is 1.98. The van der Waals surface area contributed by atoms with Gasteiger partial charge in [0.15, 0.2) is 0 Å². The van der Waals surface area contributed by atoms with Gasteiger partial charge in [-0.3, -0.25) is 4.79 Å². The molecule has 1 aliphatic heterocycles. The van der Waals surface area contributed by atoms with Crippen LogP contribution in [0.4, 0.5) is 8.78 Å². The lowest BCUT2D eigenvalue weighted by Crippen LogP contribution is -2.38. The van der Waals surface area contributed by atoms with Gasteiger partial charge in [-0.2, -0.15) is 0 Å². The molecule has 1 saturated heterocycles. The topological polar surface area (TPSA) is 41.1 Å². The number of nitrogens with one attached hydrogen (secondary N) is 2. The van der Waals surface area contributed by atoms with Crippen LogP contribution >= 0.6 is 0 Å². The number of hydrogen-bond donors (Lipinski definition) is 2. The Hall–Kier alpha value is -1.75. The summed E-state index contributed by atoms with van der Waals surface area (Å²) < 4.78 is 27.1. The van der Waals surface area contributed by atoms with E-state index in [0.29, 0.717) is 18.7 Å². The van der Waals surface area contributed by atoms with E-state index in [2.05, 4.69) is 10.6 Å². The van der Waals surface area contributed by atoms with Crippen molar-refractivity contribution in [3.63, 3.8) is 0 Å². The predicted octanol–water partition coefficient (Wildman–Crippen LogP) is 2.06. The van der Waals surface area contributed by atoms with Crippen LogP contribution in [-0.2, 0) is 4.79 Å². The maximum absolute atomic E-state index is 13.6. The quantitative estimate of drug-likeness (QED) is 0.822. The molecule has 19 heavy (non-hydrogen) atoms. The van der Waals surface area contributed by atoms with Crippen molar-refractivity contribution < 1.29 is 13.6 Å². The lowest BCUT2D eigenvalue weighted by Gasteiger charge is -2.23. The lowest BCUT2D eigenvalue weighted by atomic mass is 10.0. The van der Waals surface area contributed by atoms with Crippen molar-refractivity contribution in [2.75, 3.05) is 13.1 Å². The average molecular weight is 266 g/mol. The summed E-state index contributed by atoms with van der Waals surface area (Å²) in [7, 11) is 0. The number of carbonyl (C=O) groups is 1. The minimum atomic E-state index is -0.711. The van der Waals surface area contributed by atoms with Crippen LogP contribution in [0.2, 0.25) is 0 Å². The van der Waals surface area contributed by atoms with E-state index in [0.717, 1.165) is 5.57 Å². The zero-order valence-corrected chi connectivity index (χ0v) is 10.9. The Morgan fingerprint density at radius 3 is 2.37 bits per heavy atom. The summed E-state index contributed by atoms with van der Waals surface area (Å²) in [6, 6.07) is 2.96. The highest BCUT2D eigenvalue weighted by Crippen LogP contribution is 2.21. The van der Waals surface area contributed by atoms with Gasteiger partial charge in [-0.05, 0) is 31.6 Å². The van der Waals surface area contributed by atoms with E-state index in [-0.39, 0.29) is 11.5 Å². The Balaban J connectivity index is 2.13. The molecular formula is C14H16F2N2O. The van der Waals surface area contributed by atoms with Crippen molar-refractivity contribution in [3.05, 3.63) is 46.5 Å². The number of amides is 1. The molecule has 2 rings (SSSR count). The summed E-state index contributed by atoms with van der Waals surface area (Å²) in [5, 5.41) is 5.66. The maximum Gasteiger partial charge on any atom is 0.247 e. The molecule has 1 amide bonds. The molecule has 1 aromatic rings. The molecule has 2 N–H and O–H groups in total. The summed E-state index contributed by atoms with van der Waals surface area (Å²) in [6.07, 6.45) is 0. The van der Waals surface area contributed by atoms with E-state index in [1.165, 1.54) is 18.2 Å². The molecule has 1 atom stereocenters. The minimum absolute atomic E-state index is 0.111. The molecule has 0 spiro atoms. The van der Waals surface area contributed by atoms with Crippen LogP contribution in [-0.4, -0.2) is 19.0 Å². The van der Waals surface area contributed by atoms with Gasteiger partial charge in [0.25, 0.3) is 0 Å². The van der Waals surface area contributed by atoms with Crippen molar-refractivity contribution in [3.8, 4) is 0 Å². The third-order valence-corrected chi connectivity index (χ3v) is 3.33. The Morgan fingerprint density at radius 2 is 1.89 bits per heavy atom. The molecular weight excluding hydrogens is 250 g/mol. The second kappa shape index (κ2) is 5.48. The molecule has 0 bridgehead atoms. The van der Waals surface area contributed by atoms with Crippen molar-refractivity contribution >= 4 is 5.91 Å². The monoisotopic (exact) mass is 266 g/mol.